The number of urea groups is 1. The molecular weight excluding hydrogens is 813 g/mol. The number of fused-ring (bicyclic) bond motifs is 6. The van der Waals surface area contributed by atoms with Crippen molar-refractivity contribution in [1.82, 2.24) is 0 Å². The van der Waals surface area contributed by atoms with Crippen molar-refractivity contribution in [2.75, 3.05) is 19.2 Å². The second-order valence-corrected chi connectivity index (χ2v) is 19.2. The van der Waals surface area contributed by atoms with Gasteiger partial charge in [0.1, 0.15) is 21.3 Å². The molecule has 6 aromatic rings. The maximum absolute atomic E-state index is 14.2. The third-order valence-electron chi connectivity index (χ3n) is 9.42. The maximum atomic E-state index is 14.2. The van der Waals surface area contributed by atoms with Crippen molar-refractivity contribution < 1.29 is 57.8 Å². The number of hydrogen-bond acceptors (Lipinski definition) is 11. The van der Waals surface area contributed by atoms with Crippen molar-refractivity contribution in [3.63, 3.8) is 0 Å². The van der Waals surface area contributed by atoms with Crippen molar-refractivity contribution in [2.45, 2.75) is 33.4 Å². The Morgan fingerprint density at radius 1 is 0.571 bits per heavy atom. The highest BCUT2D eigenvalue weighted by Gasteiger charge is 2.44. The summed E-state index contributed by atoms with van der Waals surface area (Å²) in [4.78, 5) is 12.0. The third kappa shape index (κ3) is 5.42. The molecule has 0 fully saturated rings. The van der Waals surface area contributed by atoms with Gasteiger partial charge in [0.05, 0.1) is 43.9 Å². The van der Waals surface area contributed by atoms with Crippen LogP contribution in [0.15, 0.2) is 105 Å². The number of nitrogens with one attached hydrogen (secondary N) is 2. The largest absolute Gasteiger partial charge is 0.507 e. The first kappa shape index (κ1) is 37.0. The summed E-state index contributed by atoms with van der Waals surface area (Å²) >= 11 is 0. The van der Waals surface area contributed by atoms with Crippen LogP contribution in [-0.2, 0) is 40.3 Å². The lowest BCUT2D eigenvalue weighted by molar-refractivity contribution is 0.262. The molecule has 56 heavy (non-hydrogen) atoms. The summed E-state index contributed by atoms with van der Waals surface area (Å²) in [5.74, 6) is -1.32. The zero-order valence-electron chi connectivity index (χ0n) is 28.6. The van der Waals surface area contributed by atoms with Gasteiger partial charge in [-0.3, -0.25) is 9.11 Å². The molecule has 21 heteroatoms. The Balaban J connectivity index is 1.21. The van der Waals surface area contributed by atoms with Crippen molar-refractivity contribution in [3.05, 3.63) is 96.1 Å². The van der Waals surface area contributed by atoms with Gasteiger partial charge in [-0.25, -0.2) is 30.2 Å². The Labute approximate surface area is 318 Å². The zero-order valence-corrected chi connectivity index (χ0v) is 31.8. The first-order valence-corrected chi connectivity index (χ1v) is 21.8. The molecular formula is C35H26N4O13S4. The van der Waals surface area contributed by atoms with Gasteiger partial charge in [0.25, 0.3) is 40.3 Å². The monoisotopic (exact) mass is 838 g/mol. The molecule has 17 nitrogen and oxygen atoms in total. The van der Waals surface area contributed by atoms with Crippen LogP contribution in [0, 0.1) is 13.8 Å². The van der Waals surface area contributed by atoms with Crippen LogP contribution in [0.3, 0.4) is 0 Å². The number of aryl methyl sites for hydroxylation is 2. The van der Waals surface area contributed by atoms with E-state index < -0.39 is 67.6 Å². The average molecular weight is 839 g/mol. The minimum atomic E-state index is -4.74. The molecule has 6 N–H and O–H groups in total. The standard InChI is InChI=1S/C35H26N4O13S4/c1-17-9-11-25-31(33(17)53(43,44)38(25)23-7-3-5-19-13-21(55(47,48)49)15-27(40)29(19)23)36-35(42)37-32-26-12-10-18(2)34(32)54(45,46)39(26)24-8-4-6-20-14-22(56(50,51)52)16-28(41)30(20)24/h3-16,40-41H,1-2H3,(H2,36,37,42)(H,47,48,49)(H,50,51,52). The molecule has 4 bridgehead atoms. The summed E-state index contributed by atoms with van der Waals surface area (Å²) < 4.78 is 125. The summed E-state index contributed by atoms with van der Waals surface area (Å²) in [7, 11) is -18.5. The molecule has 0 spiro atoms. The third-order valence-corrected chi connectivity index (χ3v) is 14.9. The summed E-state index contributed by atoms with van der Waals surface area (Å²) in [6.07, 6.45) is 0. The van der Waals surface area contributed by atoms with Crippen molar-refractivity contribution in [3.8, 4) is 11.5 Å². The van der Waals surface area contributed by atoms with Gasteiger partial charge in [-0.1, -0.05) is 36.4 Å². The number of carbonyl (C=O) groups excluding carboxylic acids is 1. The Morgan fingerprint density at radius 2 is 0.946 bits per heavy atom. The molecule has 0 saturated carbocycles. The number of rotatable bonds is 6. The highest BCUT2D eigenvalue weighted by atomic mass is 32.2. The number of phenols is 2. The number of nitrogens with zero attached hydrogens (tertiary/aromatic N) is 2. The van der Waals surface area contributed by atoms with E-state index in [1.165, 1.54) is 74.5 Å². The van der Waals surface area contributed by atoms with Gasteiger partial charge in [-0.2, -0.15) is 16.8 Å². The lowest BCUT2D eigenvalue weighted by Crippen LogP contribution is -2.21. The van der Waals surface area contributed by atoms with Crippen LogP contribution >= 0.6 is 0 Å². The average Bonchev–Trinajstić information content (AvgIpc) is 3.34. The van der Waals surface area contributed by atoms with Gasteiger partial charge in [0.2, 0.25) is 0 Å². The summed E-state index contributed by atoms with van der Waals surface area (Å²) in [6, 6.07) is 16.7. The van der Waals surface area contributed by atoms with E-state index in [0.717, 1.165) is 32.9 Å². The second kappa shape index (κ2) is 12.0. The SMILES string of the molecule is Cc1ccc2c(NC(=O)Nc3c4ccc(C)c3S(=O)(=O)N4c3cccc4cc(S(=O)(=O)O)cc(O)c34)c1S(=O)(=O)N2c1cccc2cc(S(=O)(=O)O)cc(O)c12. The quantitative estimate of drug-likeness (QED) is 0.108. The lowest BCUT2D eigenvalue weighted by Gasteiger charge is -2.21. The van der Waals surface area contributed by atoms with Crippen molar-refractivity contribution >= 4 is 102 Å². The Hall–Kier alpha value is -5.97. The molecule has 0 aromatic heterocycles. The summed E-state index contributed by atoms with van der Waals surface area (Å²) in [6.45, 7) is 2.96. The number of benzene rings is 6. The zero-order chi connectivity index (χ0) is 40.4. The van der Waals surface area contributed by atoms with E-state index in [1.54, 1.807) is 0 Å². The van der Waals surface area contributed by atoms with E-state index in [0.29, 0.717) is 0 Å². The Kier molecular flexibility index (Phi) is 7.93. The molecule has 0 unspecified atom stereocenters. The fraction of sp³-hybridized carbons (Fsp3) is 0.0571. The van der Waals surface area contributed by atoms with Crippen LogP contribution in [0.1, 0.15) is 11.1 Å². The minimum Gasteiger partial charge on any atom is -0.507 e. The molecule has 2 aliphatic heterocycles. The lowest BCUT2D eigenvalue weighted by atomic mass is 10.1. The number of carbonyl (C=O) groups is 1. The van der Waals surface area contributed by atoms with Crippen LogP contribution in [0.2, 0.25) is 0 Å². The van der Waals surface area contributed by atoms with E-state index in [2.05, 4.69) is 10.6 Å². The minimum absolute atomic E-state index is 0.0661. The number of amides is 2. The molecule has 6 aromatic carbocycles. The van der Waals surface area contributed by atoms with Crippen molar-refractivity contribution in [2.24, 2.45) is 0 Å². The first-order valence-electron chi connectivity index (χ1n) is 16.0. The number of sulfonamides is 2. The predicted molar refractivity (Wildman–Crippen MR) is 205 cm³/mol. The molecule has 2 amide bonds. The first-order chi connectivity index (χ1) is 26.1. The number of anilines is 6. The van der Waals surface area contributed by atoms with E-state index in [9.17, 15) is 57.8 Å². The van der Waals surface area contributed by atoms with Gasteiger partial charge in [0, 0.05) is 22.9 Å². The second-order valence-electron chi connectivity index (χ2n) is 12.9. The van der Waals surface area contributed by atoms with Gasteiger partial charge >= 0.3 is 6.03 Å². The Bertz CT molecular complexity index is 3050. The van der Waals surface area contributed by atoms with Crippen LogP contribution in [0.5, 0.6) is 11.5 Å². The van der Waals surface area contributed by atoms with E-state index in [1.807, 2.05) is 0 Å². The van der Waals surface area contributed by atoms with Crippen LogP contribution in [-0.4, -0.2) is 59.0 Å². The molecule has 0 radical (unpaired) electrons. The van der Waals surface area contributed by atoms with Crippen LogP contribution < -0.4 is 19.2 Å². The number of hydrogen-bond donors (Lipinski definition) is 6. The molecule has 0 aliphatic carbocycles. The van der Waals surface area contributed by atoms with Crippen molar-refractivity contribution in [1.29, 1.82) is 0 Å². The fourth-order valence-electron chi connectivity index (χ4n) is 7.17. The van der Waals surface area contributed by atoms with Gasteiger partial charge < -0.3 is 20.8 Å². The predicted octanol–water partition coefficient (Wildman–Crippen LogP) is 5.84. The molecule has 0 atom stereocenters. The molecule has 2 aliphatic rings. The van der Waals surface area contributed by atoms with Gasteiger partial charge in [-0.05, 0) is 72.1 Å². The molecule has 8 rings (SSSR count). The summed E-state index contributed by atoms with van der Waals surface area (Å²) in [5.41, 5.74) is -0.340. The van der Waals surface area contributed by atoms with Crippen LogP contribution in [0.25, 0.3) is 21.5 Å². The van der Waals surface area contributed by atoms with E-state index >= 15 is 0 Å². The number of phenolic OH excluding ortho intramolecular Hbond substituents is 2. The maximum Gasteiger partial charge on any atom is 0.323 e. The topological polar surface area (TPSA) is 265 Å². The highest BCUT2D eigenvalue weighted by Crippen LogP contribution is 2.54. The normalized spacial score (nSPS) is 15.4. The van der Waals surface area contributed by atoms with Gasteiger partial charge in [0.15, 0.2) is 0 Å². The summed E-state index contributed by atoms with van der Waals surface area (Å²) in [5, 5.41) is 26.9. The molecule has 288 valence electrons. The smallest absolute Gasteiger partial charge is 0.323 e. The number of aromatic hydroxyl groups is 2. The fourth-order valence-corrected chi connectivity index (χ4v) is 12.0. The molecule has 2 heterocycles. The Morgan fingerprint density at radius 3 is 1.30 bits per heavy atom. The highest BCUT2D eigenvalue weighted by molar-refractivity contribution is 7.94. The van der Waals surface area contributed by atoms with E-state index in [4.69, 9.17) is 0 Å². The van der Waals surface area contributed by atoms with Gasteiger partial charge in [-0.15, -0.1) is 0 Å². The van der Waals surface area contributed by atoms with E-state index in [-0.39, 0.29) is 76.6 Å². The van der Waals surface area contributed by atoms with Crippen LogP contribution in [0.4, 0.5) is 38.9 Å². The molecule has 0 saturated heterocycles.